The van der Waals surface area contributed by atoms with Gasteiger partial charge in [0.15, 0.2) is 0 Å². The van der Waals surface area contributed by atoms with E-state index in [0.717, 1.165) is 24.5 Å². The fraction of sp³-hybridized carbons (Fsp3) is 0.294. The Morgan fingerprint density at radius 2 is 1.90 bits per heavy atom. The van der Waals surface area contributed by atoms with Gasteiger partial charge < -0.3 is 0 Å². The zero-order chi connectivity index (χ0) is 15.4. The van der Waals surface area contributed by atoms with Crippen LogP contribution in [0, 0.1) is 18.6 Å². The zero-order valence-electron chi connectivity index (χ0n) is 12.3. The maximum atomic E-state index is 14.1. The number of halogens is 2. The van der Waals surface area contributed by atoms with Gasteiger partial charge in [-0.05, 0) is 36.1 Å². The summed E-state index contributed by atoms with van der Waals surface area (Å²) in [6, 6.07) is 9.77. The van der Waals surface area contributed by atoms with E-state index in [0.29, 0.717) is 11.1 Å². The Morgan fingerprint density at radius 3 is 2.57 bits per heavy atom. The predicted octanol–water partition coefficient (Wildman–Crippen LogP) is 3.78. The molecule has 0 bridgehead atoms. The molecule has 3 N–H and O–H groups in total. The first-order chi connectivity index (χ1) is 10.1. The lowest BCUT2D eigenvalue weighted by molar-refractivity contribution is 0.538. The maximum Gasteiger partial charge on any atom is 0.131 e. The number of hydrazine groups is 1. The lowest BCUT2D eigenvalue weighted by Gasteiger charge is -2.19. The van der Waals surface area contributed by atoms with E-state index in [-0.39, 0.29) is 0 Å². The fourth-order valence-corrected chi connectivity index (χ4v) is 2.48. The van der Waals surface area contributed by atoms with E-state index in [9.17, 15) is 8.78 Å². The van der Waals surface area contributed by atoms with Gasteiger partial charge in [0.05, 0.1) is 6.04 Å². The third-order valence-corrected chi connectivity index (χ3v) is 3.58. The Labute approximate surface area is 124 Å². The van der Waals surface area contributed by atoms with Crippen molar-refractivity contribution in [1.82, 2.24) is 5.43 Å². The molecule has 1 unspecified atom stereocenters. The molecular weight excluding hydrogens is 270 g/mol. The van der Waals surface area contributed by atoms with Crippen LogP contribution in [0.2, 0.25) is 0 Å². The number of rotatable bonds is 5. The van der Waals surface area contributed by atoms with Crippen molar-refractivity contribution in [3.8, 4) is 0 Å². The average Bonchev–Trinajstić information content (AvgIpc) is 2.46. The Bertz CT molecular complexity index is 626. The van der Waals surface area contributed by atoms with E-state index in [2.05, 4.69) is 12.3 Å². The van der Waals surface area contributed by atoms with Crippen LogP contribution >= 0.6 is 0 Å². The number of nitrogens with one attached hydrogen (secondary N) is 1. The second-order valence-electron chi connectivity index (χ2n) is 5.22. The van der Waals surface area contributed by atoms with Gasteiger partial charge in [0.2, 0.25) is 0 Å². The van der Waals surface area contributed by atoms with Crippen molar-refractivity contribution in [3.05, 3.63) is 70.3 Å². The van der Waals surface area contributed by atoms with Crippen molar-refractivity contribution >= 4 is 0 Å². The molecule has 0 saturated carbocycles. The minimum absolute atomic E-state index is 0.352. The van der Waals surface area contributed by atoms with Gasteiger partial charge in [-0.3, -0.25) is 5.84 Å². The molecule has 0 saturated heterocycles. The molecule has 112 valence electrons. The monoisotopic (exact) mass is 290 g/mol. The summed E-state index contributed by atoms with van der Waals surface area (Å²) in [5.41, 5.74) is 5.42. The highest BCUT2D eigenvalue weighted by atomic mass is 19.1. The first-order valence-electron chi connectivity index (χ1n) is 7.07. The Hall–Kier alpha value is -1.78. The molecular formula is C17H20F2N2. The zero-order valence-corrected chi connectivity index (χ0v) is 12.3. The largest absolute Gasteiger partial charge is 0.271 e. The van der Waals surface area contributed by atoms with Gasteiger partial charge in [-0.25, -0.2) is 14.2 Å². The lowest BCUT2D eigenvalue weighted by atomic mass is 9.95. The van der Waals surface area contributed by atoms with E-state index in [1.165, 1.54) is 11.6 Å². The van der Waals surface area contributed by atoms with Crippen LogP contribution in [0.15, 0.2) is 36.4 Å². The molecule has 1 atom stereocenters. The average molecular weight is 290 g/mol. The molecule has 2 aromatic rings. The lowest BCUT2D eigenvalue weighted by Crippen LogP contribution is -2.29. The third kappa shape index (κ3) is 3.46. The summed E-state index contributed by atoms with van der Waals surface area (Å²) in [7, 11) is 0. The molecule has 2 nitrogen and oxygen atoms in total. The van der Waals surface area contributed by atoms with Crippen LogP contribution < -0.4 is 11.3 Å². The molecule has 0 aromatic heterocycles. The first kappa shape index (κ1) is 15.6. The molecule has 0 fully saturated rings. The van der Waals surface area contributed by atoms with Gasteiger partial charge in [-0.2, -0.15) is 0 Å². The van der Waals surface area contributed by atoms with Crippen LogP contribution in [-0.2, 0) is 6.42 Å². The van der Waals surface area contributed by atoms with E-state index in [4.69, 9.17) is 5.84 Å². The molecule has 2 aromatic carbocycles. The summed E-state index contributed by atoms with van der Waals surface area (Å²) < 4.78 is 27.5. The quantitative estimate of drug-likeness (QED) is 0.649. The topological polar surface area (TPSA) is 38.0 Å². The molecule has 0 aliphatic heterocycles. The van der Waals surface area contributed by atoms with Crippen LogP contribution in [0.25, 0.3) is 0 Å². The summed E-state index contributed by atoms with van der Waals surface area (Å²) >= 11 is 0. The highest BCUT2D eigenvalue weighted by Crippen LogP contribution is 2.26. The third-order valence-electron chi connectivity index (χ3n) is 3.58. The highest BCUT2D eigenvalue weighted by molar-refractivity contribution is 5.37. The van der Waals surface area contributed by atoms with Crippen molar-refractivity contribution in [2.75, 3.05) is 0 Å². The Balaban J connectivity index is 2.44. The van der Waals surface area contributed by atoms with Crippen LogP contribution in [0.3, 0.4) is 0 Å². The van der Waals surface area contributed by atoms with Gasteiger partial charge in [0.1, 0.15) is 11.6 Å². The predicted molar refractivity (Wildman–Crippen MR) is 80.7 cm³/mol. The minimum Gasteiger partial charge on any atom is -0.271 e. The van der Waals surface area contributed by atoms with Gasteiger partial charge in [-0.15, -0.1) is 0 Å². The first-order valence-corrected chi connectivity index (χ1v) is 7.07. The van der Waals surface area contributed by atoms with Crippen LogP contribution in [0.1, 0.15) is 41.6 Å². The normalized spacial score (nSPS) is 12.4. The molecule has 0 aliphatic rings. The molecule has 0 heterocycles. The smallest absolute Gasteiger partial charge is 0.131 e. The van der Waals surface area contributed by atoms with Crippen molar-refractivity contribution < 1.29 is 8.78 Å². The number of aryl methyl sites for hydroxylation is 2. The van der Waals surface area contributed by atoms with E-state index >= 15 is 0 Å². The molecule has 0 spiro atoms. The molecule has 4 heteroatoms. The molecule has 21 heavy (non-hydrogen) atoms. The van der Waals surface area contributed by atoms with E-state index < -0.39 is 17.7 Å². The number of hydrogen-bond acceptors (Lipinski definition) is 2. The molecule has 2 rings (SSSR count). The maximum absolute atomic E-state index is 14.1. The number of nitrogens with two attached hydrogens (primary N) is 1. The van der Waals surface area contributed by atoms with Gasteiger partial charge >= 0.3 is 0 Å². The van der Waals surface area contributed by atoms with Crippen LogP contribution in [0.5, 0.6) is 0 Å². The molecule has 0 aliphatic carbocycles. The fourth-order valence-electron chi connectivity index (χ4n) is 2.48. The summed E-state index contributed by atoms with van der Waals surface area (Å²) in [5.74, 6) is 4.46. The van der Waals surface area contributed by atoms with Gasteiger partial charge in [0, 0.05) is 11.6 Å². The van der Waals surface area contributed by atoms with Gasteiger partial charge in [0.25, 0.3) is 0 Å². The number of benzene rings is 2. The van der Waals surface area contributed by atoms with E-state index in [1.807, 2.05) is 24.3 Å². The van der Waals surface area contributed by atoms with Gasteiger partial charge in [-0.1, -0.05) is 37.6 Å². The standard InChI is InChI=1S/C17H20F2N2/c1-3-5-12-6-4-7-13(9-12)17(21-20)14-8-11(2)15(18)10-16(14)19/h4,6-10,17,21H,3,5,20H2,1-2H3. The van der Waals surface area contributed by atoms with Crippen LogP contribution in [0.4, 0.5) is 8.78 Å². The summed E-state index contributed by atoms with van der Waals surface area (Å²) in [6.45, 7) is 3.72. The Morgan fingerprint density at radius 1 is 1.14 bits per heavy atom. The van der Waals surface area contributed by atoms with Crippen LogP contribution in [-0.4, -0.2) is 0 Å². The summed E-state index contributed by atoms with van der Waals surface area (Å²) in [5, 5.41) is 0. The molecule has 0 radical (unpaired) electrons. The summed E-state index contributed by atoms with van der Waals surface area (Å²) in [4.78, 5) is 0. The Kier molecular flexibility index (Phi) is 5.04. The van der Waals surface area contributed by atoms with E-state index in [1.54, 1.807) is 6.92 Å². The van der Waals surface area contributed by atoms with Crippen molar-refractivity contribution in [2.24, 2.45) is 5.84 Å². The number of hydrogen-bond donors (Lipinski definition) is 2. The minimum atomic E-state index is -0.595. The molecule has 0 amide bonds. The second-order valence-corrected chi connectivity index (χ2v) is 5.22. The highest BCUT2D eigenvalue weighted by Gasteiger charge is 2.18. The van der Waals surface area contributed by atoms with Crippen molar-refractivity contribution in [3.63, 3.8) is 0 Å². The SMILES string of the molecule is CCCc1cccc(C(NN)c2cc(C)c(F)cc2F)c1. The van der Waals surface area contributed by atoms with Crippen molar-refractivity contribution in [1.29, 1.82) is 0 Å². The second kappa shape index (κ2) is 6.78. The van der Waals surface area contributed by atoms with Crippen molar-refractivity contribution in [2.45, 2.75) is 32.7 Å². The summed E-state index contributed by atoms with van der Waals surface area (Å²) in [6.07, 6.45) is 1.99.